The van der Waals surface area contributed by atoms with Gasteiger partial charge in [0.05, 0.1) is 35.6 Å². The van der Waals surface area contributed by atoms with Crippen molar-refractivity contribution in [2.75, 3.05) is 17.2 Å². The van der Waals surface area contributed by atoms with Crippen molar-refractivity contribution in [2.24, 2.45) is 7.05 Å². The average Bonchev–Trinajstić information content (AvgIpc) is 3.15. The number of rotatable bonds is 3. The van der Waals surface area contributed by atoms with Crippen LogP contribution in [-0.2, 0) is 20.1 Å². The first-order chi connectivity index (χ1) is 10.7. The van der Waals surface area contributed by atoms with Gasteiger partial charge in [-0.15, -0.1) is 0 Å². The Kier molecular flexibility index (Phi) is 2.97. The van der Waals surface area contributed by atoms with Gasteiger partial charge in [-0.1, -0.05) is 11.3 Å². The van der Waals surface area contributed by atoms with E-state index in [0.717, 1.165) is 39.8 Å². The maximum absolute atomic E-state index is 5.97. The number of anilines is 2. The fraction of sp³-hybridized carbons (Fsp3) is 0.333. The second kappa shape index (κ2) is 4.88. The molecule has 0 fully saturated rings. The van der Waals surface area contributed by atoms with Crippen LogP contribution in [-0.4, -0.2) is 21.4 Å². The van der Waals surface area contributed by atoms with Crippen LogP contribution >= 0.6 is 11.3 Å². The summed E-state index contributed by atoms with van der Waals surface area (Å²) >= 11 is 1.68. The lowest BCUT2D eigenvalue weighted by molar-refractivity contribution is 0.341. The van der Waals surface area contributed by atoms with Gasteiger partial charge in [-0.05, 0) is 25.1 Å². The van der Waals surface area contributed by atoms with E-state index in [1.54, 1.807) is 11.3 Å². The SMILES string of the molecule is CCOc1ccc2nc(N3Cc4c(N)nn(C)c4C3)sc2c1. The standard InChI is InChI=1S/C15H17N5OS/c1-3-21-9-4-5-11-13(6-9)22-15(17-11)20-7-10-12(8-20)19(2)18-14(10)16/h4-6H,3,7-8H2,1-2H3,(H2,16,18). The summed E-state index contributed by atoms with van der Waals surface area (Å²) in [6.45, 7) is 4.23. The van der Waals surface area contributed by atoms with E-state index in [9.17, 15) is 0 Å². The van der Waals surface area contributed by atoms with Gasteiger partial charge in [0.15, 0.2) is 10.9 Å². The van der Waals surface area contributed by atoms with E-state index in [0.29, 0.717) is 12.4 Å². The highest BCUT2D eigenvalue weighted by atomic mass is 32.1. The second-order valence-electron chi connectivity index (χ2n) is 5.35. The predicted octanol–water partition coefficient (Wildman–Crippen LogP) is 2.53. The molecule has 6 nitrogen and oxygen atoms in total. The number of benzene rings is 1. The van der Waals surface area contributed by atoms with Crippen LogP contribution in [0, 0.1) is 0 Å². The van der Waals surface area contributed by atoms with Gasteiger partial charge in [-0.3, -0.25) is 4.68 Å². The number of ether oxygens (including phenoxy) is 1. The third kappa shape index (κ3) is 2.00. The van der Waals surface area contributed by atoms with Crippen molar-refractivity contribution in [1.29, 1.82) is 0 Å². The molecule has 0 amide bonds. The molecule has 0 saturated heterocycles. The molecule has 114 valence electrons. The molecule has 3 heterocycles. The first-order valence-electron chi connectivity index (χ1n) is 7.24. The highest BCUT2D eigenvalue weighted by Crippen LogP contribution is 2.36. The Morgan fingerprint density at radius 2 is 2.23 bits per heavy atom. The smallest absolute Gasteiger partial charge is 0.187 e. The summed E-state index contributed by atoms with van der Waals surface area (Å²) in [7, 11) is 1.94. The van der Waals surface area contributed by atoms with Crippen LogP contribution in [0.15, 0.2) is 18.2 Å². The molecule has 0 radical (unpaired) electrons. The number of nitrogen functional groups attached to an aromatic ring is 1. The molecule has 1 aliphatic rings. The molecule has 0 atom stereocenters. The van der Waals surface area contributed by atoms with Gasteiger partial charge in [-0.25, -0.2) is 4.98 Å². The van der Waals surface area contributed by atoms with Crippen molar-refractivity contribution in [3.05, 3.63) is 29.5 Å². The van der Waals surface area contributed by atoms with Gasteiger partial charge in [0.1, 0.15) is 5.75 Å². The molecule has 0 saturated carbocycles. The first-order valence-corrected chi connectivity index (χ1v) is 8.06. The minimum absolute atomic E-state index is 0.625. The normalized spacial score (nSPS) is 13.8. The molecule has 0 aliphatic carbocycles. The van der Waals surface area contributed by atoms with Crippen LogP contribution in [0.3, 0.4) is 0 Å². The third-order valence-corrected chi connectivity index (χ3v) is 5.00. The number of thiazole rings is 1. The summed E-state index contributed by atoms with van der Waals surface area (Å²) in [4.78, 5) is 6.98. The molecular formula is C15H17N5OS. The van der Waals surface area contributed by atoms with Crippen molar-refractivity contribution in [3.63, 3.8) is 0 Å². The monoisotopic (exact) mass is 315 g/mol. The quantitative estimate of drug-likeness (QED) is 0.804. The molecule has 2 aromatic heterocycles. The van der Waals surface area contributed by atoms with Crippen molar-refractivity contribution < 1.29 is 4.74 Å². The number of aryl methyl sites for hydroxylation is 1. The molecule has 0 spiro atoms. The zero-order valence-corrected chi connectivity index (χ0v) is 13.4. The predicted molar refractivity (Wildman–Crippen MR) is 88.3 cm³/mol. The summed E-state index contributed by atoms with van der Waals surface area (Å²) in [6.07, 6.45) is 0. The highest BCUT2D eigenvalue weighted by Gasteiger charge is 2.27. The summed E-state index contributed by atoms with van der Waals surface area (Å²) in [5.41, 5.74) is 9.27. The fourth-order valence-electron chi connectivity index (χ4n) is 2.84. The second-order valence-corrected chi connectivity index (χ2v) is 6.36. The van der Waals surface area contributed by atoms with E-state index in [1.807, 2.05) is 30.8 Å². The van der Waals surface area contributed by atoms with Gasteiger partial charge in [-0.2, -0.15) is 5.10 Å². The largest absolute Gasteiger partial charge is 0.494 e. The van der Waals surface area contributed by atoms with Gasteiger partial charge >= 0.3 is 0 Å². The summed E-state index contributed by atoms with van der Waals surface area (Å²) in [6, 6.07) is 6.04. The molecular weight excluding hydrogens is 298 g/mol. The summed E-state index contributed by atoms with van der Waals surface area (Å²) < 4.78 is 8.56. The Morgan fingerprint density at radius 1 is 1.36 bits per heavy atom. The van der Waals surface area contributed by atoms with Crippen LogP contribution in [0.2, 0.25) is 0 Å². The third-order valence-electron chi connectivity index (χ3n) is 3.93. The molecule has 3 aromatic rings. The van der Waals surface area contributed by atoms with Gasteiger partial charge < -0.3 is 15.4 Å². The van der Waals surface area contributed by atoms with Crippen LogP contribution in [0.4, 0.5) is 10.9 Å². The average molecular weight is 315 g/mol. The molecule has 0 bridgehead atoms. The number of fused-ring (bicyclic) bond motifs is 2. The van der Waals surface area contributed by atoms with Crippen LogP contribution < -0.4 is 15.4 Å². The van der Waals surface area contributed by atoms with Crippen molar-refractivity contribution in [2.45, 2.75) is 20.0 Å². The molecule has 0 unspecified atom stereocenters. The molecule has 2 N–H and O–H groups in total. The van der Waals surface area contributed by atoms with Crippen molar-refractivity contribution >= 4 is 32.5 Å². The Hall–Kier alpha value is -2.28. The minimum atomic E-state index is 0.625. The van der Waals surface area contributed by atoms with Crippen molar-refractivity contribution in [3.8, 4) is 5.75 Å². The molecule has 4 rings (SSSR count). The van der Waals surface area contributed by atoms with E-state index >= 15 is 0 Å². The topological polar surface area (TPSA) is 69.2 Å². The maximum Gasteiger partial charge on any atom is 0.187 e. The lowest BCUT2D eigenvalue weighted by Gasteiger charge is -2.13. The van der Waals surface area contributed by atoms with Gasteiger partial charge in [0.25, 0.3) is 0 Å². The number of hydrogen-bond acceptors (Lipinski definition) is 6. The fourth-order valence-corrected chi connectivity index (χ4v) is 3.84. The zero-order chi connectivity index (χ0) is 15.3. The van der Waals surface area contributed by atoms with Crippen LogP contribution in [0.1, 0.15) is 18.2 Å². The first kappa shape index (κ1) is 13.4. The Bertz CT molecular complexity index is 827. The molecule has 1 aromatic carbocycles. The van der Waals surface area contributed by atoms with E-state index in [4.69, 9.17) is 15.5 Å². The van der Waals surface area contributed by atoms with E-state index in [-0.39, 0.29) is 0 Å². The Balaban J connectivity index is 1.66. The number of aromatic nitrogens is 3. The van der Waals surface area contributed by atoms with E-state index in [2.05, 4.69) is 16.1 Å². The van der Waals surface area contributed by atoms with Crippen LogP contribution in [0.25, 0.3) is 10.2 Å². The number of nitrogens with two attached hydrogens (primary N) is 1. The molecule has 7 heteroatoms. The lowest BCUT2D eigenvalue weighted by atomic mass is 10.3. The van der Waals surface area contributed by atoms with E-state index < -0.39 is 0 Å². The molecule has 1 aliphatic heterocycles. The number of nitrogens with zero attached hydrogens (tertiary/aromatic N) is 4. The summed E-state index contributed by atoms with van der Waals surface area (Å²) in [5.74, 6) is 1.52. The van der Waals surface area contributed by atoms with Gasteiger partial charge in [0, 0.05) is 12.6 Å². The van der Waals surface area contributed by atoms with E-state index in [1.165, 1.54) is 5.69 Å². The zero-order valence-electron chi connectivity index (χ0n) is 12.5. The minimum Gasteiger partial charge on any atom is -0.494 e. The van der Waals surface area contributed by atoms with Gasteiger partial charge in [0.2, 0.25) is 0 Å². The highest BCUT2D eigenvalue weighted by molar-refractivity contribution is 7.22. The van der Waals surface area contributed by atoms with Crippen molar-refractivity contribution in [1.82, 2.24) is 14.8 Å². The maximum atomic E-state index is 5.97. The number of hydrogen-bond donors (Lipinski definition) is 1. The Labute approximate surface area is 132 Å². The lowest BCUT2D eigenvalue weighted by Crippen LogP contribution is -2.16. The van der Waals surface area contributed by atoms with Crippen LogP contribution in [0.5, 0.6) is 5.75 Å². The summed E-state index contributed by atoms with van der Waals surface area (Å²) in [5, 5.41) is 5.28. The molecule has 22 heavy (non-hydrogen) atoms. The Morgan fingerprint density at radius 3 is 3.00 bits per heavy atom.